The van der Waals surface area contributed by atoms with Gasteiger partial charge in [0.15, 0.2) is 0 Å². The van der Waals surface area contributed by atoms with Crippen LogP contribution >= 0.6 is 7.75 Å². The molecule has 0 aromatic heterocycles. The summed E-state index contributed by atoms with van der Waals surface area (Å²) < 4.78 is 21.0. The van der Waals surface area contributed by atoms with E-state index < -0.39 is 7.75 Å². The fraction of sp³-hybridized carbons (Fsp3) is 1.00. The standard InChI is InChI=1S/C7H15BNO4P/c1-3-6-5(4-7(8)13-6)9-14(10,11)12-2/h5-7H,3-4H2,1-2H3,(H2,9,10,11)/t5-,6+,7+/m0/s1. The zero-order chi connectivity index (χ0) is 10.8. The van der Waals surface area contributed by atoms with E-state index in [0.717, 1.165) is 6.42 Å². The van der Waals surface area contributed by atoms with Gasteiger partial charge in [-0.3, -0.25) is 0 Å². The van der Waals surface area contributed by atoms with Gasteiger partial charge < -0.3 is 14.2 Å². The molecule has 1 fully saturated rings. The molecule has 0 aromatic rings. The van der Waals surface area contributed by atoms with Crippen LogP contribution in [0.25, 0.3) is 0 Å². The largest absolute Gasteiger partial charge is 0.403 e. The van der Waals surface area contributed by atoms with Crippen molar-refractivity contribution in [3.63, 3.8) is 0 Å². The Hall–Kier alpha value is 0.135. The van der Waals surface area contributed by atoms with Crippen molar-refractivity contribution in [3.05, 3.63) is 0 Å². The second-order valence-corrected chi connectivity index (χ2v) is 4.96. The van der Waals surface area contributed by atoms with E-state index in [1.54, 1.807) is 0 Å². The molecule has 14 heavy (non-hydrogen) atoms. The van der Waals surface area contributed by atoms with Crippen molar-refractivity contribution in [1.29, 1.82) is 0 Å². The Kier molecular flexibility index (Phi) is 4.16. The molecule has 80 valence electrons. The van der Waals surface area contributed by atoms with Crippen molar-refractivity contribution >= 4 is 15.6 Å². The van der Waals surface area contributed by atoms with E-state index in [9.17, 15) is 9.46 Å². The number of rotatable bonds is 4. The lowest BCUT2D eigenvalue weighted by atomic mass is 9.95. The zero-order valence-electron chi connectivity index (χ0n) is 8.34. The summed E-state index contributed by atoms with van der Waals surface area (Å²) in [6.45, 7) is 1.94. The zero-order valence-corrected chi connectivity index (χ0v) is 9.24. The van der Waals surface area contributed by atoms with Gasteiger partial charge in [-0.2, -0.15) is 0 Å². The summed E-state index contributed by atoms with van der Waals surface area (Å²) in [5.74, 6) is 0. The third kappa shape index (κ3) is 3.07. The van der Waals surface area contributed by atoms with Crippen LogP contribution in [0.4, 0.5) is 0 Å². The highest BCUT2D eigenvalue weighted by Crippen LogP contribution is 2.38. The molecule has 1 unspecified atom stereocenters. The predicted octanol–water partition coefficient (Wildman–Crippen LogP) is 0.385. The molecule has 0 aliphatic carbocycles. The van der Waals surface area contributed by atoms with Crippen LogP contribution in [0.5, 0.6) is 0 Å². The molecule has 0 bridgehead atoms. The monoisotopic (exact) mass is 219 g/mol. The van der Waals surface area contributed by atoms with Crippen molar-refractivity contribution < 1.29 is 18.7 Å². The first-order valence-corrected chi connectivity index (χ1v) is 6.13. The average Bonchev–Trinajstić information content (AvgIpc) is 2.45. The molecule has 0 spiro atoms. The molecule has 1 aliphatic rings. The van der Waals surface area contributed by atoms with E-state index >= 15 is 0 Å². The molecule has 1 heterocycles. The Morgan fingerprint density at radius 3 is 2.93 bits per heavy atom. The van der Waals surface area contributed by atoms with Crippen LogP contribution in [0.15, 0.2) is 0 Å². The Labute approximate surface area is 85.2 Å². The van der Waals surface area contributed by atoms with Crippen LogP contribution in [0.3, 0.4) is 0 Å². The van der Waals surface area contributed by atoms with Crippen LogP contribution in [-0.4, -0.2) is 38.0 Å². The maximum atomic E-state index is 11.2. The second kappa shape index (κ2) is 4.77. The number of hydrogen-bond donors (Lipinski definition) is 2. The summed E-state index contributed by atoms with van der Waals surface area (Å²) >= 11 is 0. The molecule has 0 saturated carbocycles. The highest BCUT2D eigenvalue weighted by molar-refractivity contribution is 7.50. The summed E-state index contributed by atoms with van der Waals surface area (Å²) in [7, 11) is 3.08. The lowest BCUT2D eigenvalue weighted by Gasteiger charge is -2.20. The van der Waals surface area contributed by atoms with E-state index in [1.807, 2.05) is 6.92 Å². The smallest absolute Gasteiger partial charge is 0.383 e. The van der Waals surface area contributed by atoms with Crippen LogP contribution in [0.1, 0.15) is 19.8 Å². The van der Waals surface area contributed by atoms with E-state index in [0.29, 0.717) is 6.42 Å². The molecule has 1 rings (SSSR count). The minimum absolute atomic E-state index is 0.124. The van der Waals surface area contributed by atoms with E-state index in [4.69, 9.17) is 12.6 Å². The van der Waals surface area contributed by atoms with Gasteiger partial charge in [0.05, 0.1) is 6.10 Å². The van der Waals surface area contributed by atoms with Gasteiger partial charge in [0.2, 0.25) is 0 Å². The lowest BCUT2D eigenvalue weighted by Crippen LogP contribution is -2.34. The SMILES string of the molecule is [B][C@H]1C[C@H](NP(=O)(O)OC)[C@@H](CC)O1. The Bertz CT molecular complexity index is 240. The molecule has 2 radical (unpaired) electrons. The van der Waals surface area contributed by atoms with Crippen LogP contribution in [-0.2, 0) is 13.8 Å². The second-order valence-electron chi connectivity index (χ2n) is 3.30. The normalized spacial score (nSPS) is 36.9. The van der Waals surface area contributed by atoms with Crippen molar-refractivity contribution in [2.24, 2.45) is 0 Å². The third-order valence-electron chi connectivity index (χ3n) is 2.26. The molecule has 4 atom stereocenters. The minimum Gasteiger partial charge on any atom is -0.383 e. The summed E-state index contributed by atoms with van der Waals surface area (Å²) in [5, 5.41) is 2.52. The number of ether oxygens (including phenoxy) is 1. The summed E-state index contributed by atoms with van der Waals surface area (Å²) in [4.78, 5) is 9.21. The molecule has 0 amide bonds. The quantitative estimate of drug-likeness (QED) is 0.528. The van der Waals surface area contributed by atoms with Gasteiger partial charge in [0.25, 0.3) is 0 Å². The van der Waals surface area contributed by atoms with E-state index in [1.165, 1.54) is 7.11 Å². The highest BCUT2D eigenvalue weighted by Gasteiger charge is 2.35. The predicted molar refractivity (Wildman–Crippen MR) is 53.1 cm³/mol. The van der Waals surface area contributed by atoms with Gasteiger partial charge in [0, 0.05) is 19.2 Å². The average molecular weight is 219 g/mol. The number of hydrogen-bond acceptors (Lipinski definition) is 3. The Morgan fingerprint density at radius 1 is 1.79 bits per heavy atom. The van der Waals surface area contributed by atoms with Crippen molar-refractivity contribution in [1.82, 2.24) is 5.09 Å². The first kappa shape index (κ1) is 12.2. The van der Waals surface area contributed by atoms with Crippen LogP contribution < -0.4 is 5.09 Å². The van der Waals surface area contributed by atoms with Gasteiger partial charge in [0.1, 0.15) is 7.85 Å². The topological polar surface area (TPSA) is 67.8 Å². The molecule has 2 N–H and O–H groups in total. The van der Waals surface area contributed by atoms with E-state index in [-0.39, 0.29) is 18.1 Å². The van der Waals surface area contributed by atoms with Gasteiger partial charge in [-0.25, -0.2) is 9.65 Å². The first-order valence-electron chi connectivity index (χ1n) is 4.56. The minimum atomic E-state index is -3.69. The molecule has 1 saturated heterocycles. The maximum Gasteiger partial charge on any atom is 0.403 e. The fourth-order valence-corrected chi connectivity index (χ4v) is 2.35. The number of nitrogens with one attached hydrogen (secondary N) is 1. The molecule has 5 nitrogen and oxygen atoms in total. The van der Waals surface area contributed by atoms with Gasteiger partial charge in [-0.1, -0.05) is 6.92 Å². The van der Waals surface area contributed by atoms with Crippen molar-refractivity contribution in [2.45, 2.75) is 37.9 Å². The molecular formula is C7H15BNO4P. The Balaban J connectivity index is 2.55. The van der Waals surface area contributed by atoms with Crippen molar-refractivity contribution in [2.75, 3.05) is 7.11 Å². The van der Waals surface area contributed by atoms with E-state index in [2.05, 4.69) is 9.61 Å². The molecule has 7 heteroatoms. The summed E-state index contributed by atoms with van der Waals surface area (Å²) in [6.07, 6.45) is 1.14. The molecule has 0 aromatic carbocycles. The van der Waals surface area contributed by atoms with Crippen LogP contribution in [0, 0.1) is 0 Å². The lowest BCUT2D eigenvalue weighted by molar-refractivity contribution is 0.0771. The van der Waals surface area contributed by atoms with Gasteiger partial charge >= 0.3 is 7.75 Å². The van der Waals surface area contributed by atoms with Gasteiger partial charge in [-0.15, -0.1) is 0 Å². The van der Waals surface area contributed by atoms with Gasteiger partial charge in [-0.05, 0) is 12.8 Å². The third-order valence-corrected chi connectivity index (χ3v) is 3.42. The van der Waals surface area contributed by atoms with Crippen molar-refractivity contribution in [3.8, 4) is 0 Å². The summed E-state index contributed by atoms with van der Waals surface area (Å²) in [5.41, 5.74) is 0. The highest BCUT2D eigenvalue weighted by atomic mass is 31.2. The molecule has 1 aliphatic heterocycles. The fourth-order valence-electron chi connectivity index (χ4n) is 1.56. The maximum absolute atomic E-state index is 11.2. The summed E-state index contributed by atoms with van der Waals surface area (Å²) in [6, 6.07) is -0.583. The Morgan fingerprint density at radius 2 is 2.43 bits per heavy atom. The van der Waals surface area contributed by atoms with Crippen LogP contribution in [0.2, 0.25) is 0 Å². The first-order chi connectivity index (χ1) is 6.48. The molecular weight excluding hydrogens is 204 g/mol.